The van der Waals surface area contributed by atoms with Crippen molar-refractivity contribution < 1.29 is 14.3 Å². The van der Waals surface area contributed by atoms with E-state index in [1.807, 2.05) is 83.7 Å². The van der Waals surface area contributed by atoms with Gasteiger partial charge < -0.3 is 25.2 Å². The molecule has 0 unspecified atom stereocenters. The van der Waals surface area contributed by atoms with E-state index < -0.39 is 11.1 Å². The molecule has 3 fully saturated rings. The first-order valence-corrected chi connectivity index (χ1v) is 17.2. The number of ether oxygens (including phenoxy) is 1. The molecule has 7 rings (SSSR count). The fourth-order valence-electron chi connectivity index (χ4n) is 6.52. The zero-order valence-corrected chi connectivity index (χ0v) is 29.4. The van der Waals surface area contributed by atoms with Gasteiger partial charge in [-0.2, -0.15) is 0 Å². The van der Waals surface area contributed by atoms with Gasteiger partial charge >= 0.3 is 6.03 Å². The standard InChI is InChI=1S/C37H44N10O3/c1-36(2,43(3)4)15-14-31(48)44-19-21-45(22-20-44)35(49)46-18-16-37(24-46,50-5)30-13-10-26(23-40-30)47-33(27-7-6-17-39-32(27)38)42-29-12-11-28(25-8-9-25)41-34(29)47/h6-7,10-13,17,23,25H,8-9,16,18-22,24H2,1-5H3,(H2,38,39)/t37-/m1/s1. The lowest BCUT2D eigenvalue weighted by atomic mass is 9.97. The Morgan fingerprint density at radius 3 is 2.40 bits per heavy atom. The van der Waals surface area contributed by atoms with E-state index in [4.69, 9.17) is 25.4 Å². The Morgan fingerprint density at radius 1 is 0.980 bits per heavy atom. The van der Waals surface area contributed by atoms with Crippen molar-refractivity contribution in [1.29, 1.82) is 0 Å². The van der Waals surface area contributed by atoms with Crippen LogP contribution in [0.1, 0.15) is 50.4 Å². The molecule has 50 heavy (non-hydrogen) atoms. The Kier molecular flexibility index (Phi) is 8.69. The van der Waals surface area contributed by atoms with Gasteiger partial charge in [-0.05, 0) is 83.1 Å². The van der Waals surface area contributed by atoms with Crippen LogP contribution in [0.3, 0.4) is 0 Å². The molecule has 1 aliphatic carbocycles. The first kappa shape index (κ1) is 33.4. The monoisotopic (exact) mass is 676 g/mol. The van der Waals surface area contributed by atoms with Crippen LogP contribution in [0.2, 0.25) is 0 Å². The molecule has 0 spiro atoms. The van der Waals surface area contributed by atoms with Crippen LogP contribution in [0, 0.1) is 11.8 Å². The number of piperazine rings is 1. The zero-order chi connectivity index (χ0) is 35.2. The number of rotatable bonds is 6. The molecule has 0 aromatic carbocycles. The third kappa shape index (κ3) is 6.25. The van der Waals surface area contributed by atoms with E-state index in [1.165, 1.54) is 0 Å². The predicted molar refractivity (Wildman–Crippen MR) is 190 cm³/mol. The number of imidazole rings is 1. The molecule has 3 amide bonds. The second-order valence-electron chi connectivity index (χ2n) is 14.1. The lowest BCUT2D eigenvalue weighted by molar-refractivity contribution is -0.126. The zero-order valence-electron chi connectivity index (χ0n) is 29.4. The second kappa shape index (κ2) is 13.0. The van der Waals surface area contributed by atoms with Crippen LogP contribution in [0.25, 0.3) is 28.2 Å². The molecule has 2 saturated heterocycles. The number of aromatic nitrogens is 5. The number of hydrogen-bond donors (Lipinski definition) is 1. The molecule has 2 aliphatic heterocycles. The average Bonchev–Trinajstić information content (AvgIpc) is 3.78. The van der Waals surface area contributed by atoms with Gasteiger partial charge in [0.25, 0.3) is 5.91 Å². The lowest BCUT2D eigenvalue weighted by Gasteiger charge is -2.36. The molecule has 3 aliphatic rings. The fourth-order valence-corrected chi connectivity index (χ4v) is 6.52. The van der Waals surface area contributed by atoms with Crippen molar-refractivity contribution in [3.63, 3.8) is 0 Å². The van der Waals surface area contributed by atoms with Crippen molar-refractivity contribution in [3.8, 4) is 28.9 Å². The van der Waals surface area contributed by atoms with Crippen molar-refractivity contribution in [3.05, 3.63) is 60.2 Å². The van der Waals surface area contributed by atoms with E-state index in [1.54, 1.807) is 18.2 Å². The molecule has 4 aromatic rings. The Morgan fingerprint density at radius 2 is 1.74 bits per heavy atom. The van der Waals surface area contributed by atoms with Crippen LogP contribution in [0.15, 0.2) is 48.8 Å². The normalized spacial score (nSPS) is 19.6. The van der Waals surface area contributed by atoms with Gasteiger partial charge in [0.2, 0.25) is 0 Å². The van der Waals surface area contributed by atoms with Crippen molar-refractivity contribution in [2.75, 3.05) is 66.2 Å². The van der Waals surface area contributed by atoms with E-state index >= 15 is 0 Å². The number of urea groups is 1. The smallest absolute Gasteiger partial charge is 0.320 e. The number of fused-ring (bicyclic) bond motifs is 1. The van der Waals surface area contributed by atoms with Gasteiger partial charge in [-0.3, -0.25) is 19.2 Å². The van der Waals surface area contributed by atoms with Gasteiger partial charge in [-0.25, -0.2) is 19.7 Å². The minimum Gasteiger partial charge on any atom is -0.383 e. The molecule has 13 heteroatoms. The van der Waals surface area contributed by atoms with Crippen LogP contribution in [-0.2, 0) is 15.1 Å². The van der Waals surface area contributed by atoms with Crippen LogP contribution >= 0.6 is 0 Å². The molecular formula is C37H44N10O3. The molecular weight excluding hydrogens is 632 g/mol. The summed E-state index contributed by atoms with van der Waals surface area (Å²) in [4.78, 5) is 53.0. The number of carbonyl (C=O) groups excluding carboxylic acids is 2. The number of methoxy groups -OCH3 is 1. The molecule has 2 N–H and O–H groups in total. The summed E-state index contributed by atoms with van der Waals surface area (Å²) in [6.07, 6.45) is 6.36. The number of nitrogens with two attached hydrogens (primary N) is 1. The lowest BCUT2D eigenvalue weighted by Crippen LogP contribution is -2.54. The minimum absolute atomic E-state index is 0.0615. The number of likely N-dealkylation sites (tertiary alicyclic amines) is 1. The summed E-state index contributed by atoms with van der Waals surface area (Å²) in [5.74, 6) is 7.17. The summed E-state index contributed by atoms with van der Waals surface area (Å²) in [6.45, 7) is 6.65. The van der Waals surface area contributed by atoms with Crippen molar-refractivity contribution in [2.45, 2.75) is 50.2 Å². The molecule has 1 saturated carbocycles. The Labute approximate surface area is 292 Å². The van der Waals surface area contributed by atoms with Crippen molar-refractivity contribution in [2.24, 2.45) is 0 Å². The maximum Gasteiger partial charge on any atom is 0.320 e. The third-order valence-corrected chi connectivity index (χ3v) is 10.4. The third-order valence-electron chi connectivity index (χ3n) is 10.4. The number of pyridine rings is 3. The minimum atomic E-state index is -0.758. The summed E-state index contributed by atoms with van der Waals surface area (Å²) < 4.78 is 8.12. The first-order chi connectivity index (χ1) is 24.0. The van der Waals surface area contributed by atoms with Gasteiger partial charge in [0, 0.05) is 64.1 Å². The highest BCUT2D eigenvalue weighted by Crippen LogP contribution is 2.40. The molecule has 4 aromatic heterocycles. The first-order valence-electron chi connectivity index (χ1n) is 17.2. The maximum atomic E-state index is 13.7. The molecule has 13 nitrogen and oxygen atoms in total. The van der Waals surface area contributed by atoms with Crippen LogP contribution in [0.4, 0.5) is 10.6 Å². The maximum absolute atomic E-state index is 13.7. The number of carbonyl (C=O) groups is 2. The molecule has 6 heterocycles. The summed E-state index contributed by atoms with van der Waals surface area (Å²) >= 11 is 0. The number of amides is 3. The second-order valence-corrected chi connectivity index (χ2v) is 14.1. The van der Waals surface area contributed by atoms with E-state index in [9.17, 15) is 9.59 Å². The van der Waals surface area contributed by atoms with E-state index in [-0.39, 0.29) is 11.9 Å². The van der Waals surface area contributed by atoms with E-state index in [2.05, 4.69) is 22.9 Å². The molecule has 260 valence electrons. The summed E-state index contributed by atoms with van der Waals surface area (Å²) in [5.41, 5.74) is 9.97. The van der Waals surface area contributed by atoms with Crippen molar-refractivity contribution >= 4 is 28.9 Å². The predicted octanol–water partition coefficient (Wildman–Crippen LogP) is 3.49. The van der Waals surface area contributed by atoms with Gasteiger partial charge in [-0.1, -0.05) is 5.92 Å². The van der Waals surface area contributed by atoms with Crippen LogP contribution < -0.4 is 5.73 Å². The van der Waals surface area contributed by atoms with Crippen LogP contribution in [-0.4, -0.2) is 122 Å². The number of nitrogens with zero attached hydrogens (tertiary/aromatic N) is 9. The summed E-state index contributed by atoms with van der Waals surface area (Å²) in [6, 6.07) is 11.7. The molecule has 0 bridgehead atoms. The van der Waals surface area contributed by atoms with E-state index in [0.29, 0.717) is 68.8 Å². The summed E-state index contributed by atoms with van der Waals surface area (Å²) in [5, 5.41) is 0. The Balaban J connectivity index is 1.08. The highest BCUT2D eigenvalue weighted by Gasteiger charge is 2.44. The van der Waals surface area contributed by atoms with Crippen LogP contribution in [0.5, 0.6) is 0 Å². The number of nitrogen functional groups attached to an aromatic ring is 1. The highest BCUT2D eigenvalue weighted by atomic mass is 16.5. The largest absolute Gasteiger partial charge is 0.383 e. The van der Waals surface area contributed by atoms with E-state index in [0.717, 1.165) is 41.1 Å². The summed E-state index contributed by atoms with van der Waals surface area (Å²) in [7, 11) is 5.54. The van der Waals surface area contributed by atoms with Gasteiger partial charge in [0.05, 0.1) is 35.2 Å². The SMILES string of the molecule is CO[C@]1(c2ccc(-n3c(-c4cccnc4N)nc4ccc(C5CC5)nc43)cn2)CCN(C(=O)N2CCN(C(=O)C#CC(C)(C)N(C)C)CC2)C1. The van der Waals surface area contributed by atoms with Gasteiger partial charge in [0.15, 0.2) is 11.5 Å². The average molecular weight is 677 g/mol. The number of hydrogen-bond acceptors (Lipinski definition) is 9. The fraction of sp³-hybridized carbons (Fsp3) is 0.459. The number of anilines is 1. The quantitative estimate of drug-likeness (QED) is 0.304. The topological polar surface area (TPSA) is 139 Å². The Hall–Kier alpha value is -5.06. The van der Waals surface area contributed by atoms with Gasteiger partial charge in [-0.15, -0.1) is 0 Å². The molecule has 0 radical (unpaired) electrons. The highest BCUT2D eigenvalue weighted by molar-refractivity contribution is 5.94. The molecule has 1 atom stereocenters. The Bertz CT molecular complexity index is 1980. The van der Waals surface area contributed by atoms with Gasteiger partial charge in [0.1, 0.15) is 16.9 Å². The van der Waals surface area contributed by atoms with Crippen molar-refractivity contribution in [1.82, 2.24) is 44.1 Å².